The highest BCUT2D eigenvalue weighted by molar-refractivity contribution is 5.76. The van der Waals surface area contributed by atoms with Crippen LogP contribution in [-0.2, 0) is 11.3 Å². The number of ether oxygens (including phenoxy) is 2. The van der Waals surface area contributed by atoms with E-state index in [1.54, 1.807) is 26.4 Å². The summed E-state index contributed by atoms with van der Waals surface area (Å²) in [6, 6.07) is 4.95. The molecule has 3 N–H and O–H groups in total. The van der Waals surface area contributed by atoms with Gasteiger partial charge in [0.1, 0.15) is 5.76 Å². The summed E-state index contributed by atoms with van der Waals surface area (Å²) in [5.74, 6) is 1.77. The van der Waals surface area contributed by atoms with Crippen LogP contribution in [0.25, 0.3) is 0 Å². The monoisotopic (exact) mass is 333 g/mol. The van der Waals surface area contributed by atoms with Crippen molar-refractivity contribution in [3.05, 3.63) is 40.8 Å². The smallest absolute Gasteiger partial charge is 0.222 e. The summed E-state index contributed by atoms with van der Waals surface area (Å²) >= 11 is 0. The van der Waals surface area contributed by atoms with Gasteiger partial charge in [-0.25, -0.2) is 0 Å². The van der Waals surface area contributed by atoms with Crippen molar-refractivity contribution in [2.45, 2.75) is 32.9 Å². The van der Waals surface area contributed by atoms with Gasteiger partial charge in [-0.2, -0.15) is 0 Å². The van der Waals surface area contributed by atoms with Crippen molar-refractivity contribution in [1.29, 1.82) is 0 Å². The van der Waals surface area contributed by atoms with Crippen molar-refractivity contribution in [2.24, 2.45) is 5.73 Å². The molecule has 130 valence electrons. The fourth-order valence-corrected chi connectivity index (χ4v) is 2.41. The van der Waals surface area contributed by atoms with Gasteiger partial charge in [-0.05, 0) is 31.5 Å². The van der Waals surface area contributed by atoms with E-state index in [1.807, 2.05) is 19.9 Å². The maximum absolute atomic E-state index is 12.1. The topological polar surface area (TPSA) is 99.6 Å². The summed E-state index contributed by atoms with van der Waals surface area (Å²) < 4.78 is 15.5. The summed E-state index contributed by atoms with van der Waals surface area (Å²) in [5, 5.41) is 6.70. The molecule has 1 aromatic heterocycles. The normalized spacial score (nSPS) is 11.9. The van der Waals surface area contributed by atoms with E-state index < -0.39 is 6.04 Å². The molecule has 1 aromatic carbocycles. The lowest BCUT2D eigenvalue weighted by atomic mass is 10.0. The maximum Gasteiger partial charge on any atom is 0.222 e. The van der Waals surface area contributed by atoms with Gasteiger partial charge in [0.05, 0.1) is 19.9 Å². The molecule has 0 aliphatic carbocycles. The van der Waals surface area contributed by atoms with Crippen LogP contribution >= 0.6 is 0 Å². The van der Waals surface area contributed by atoms with Crippen molar-refractivity contribution in [1.82, 2.24) is 10.5 Å². The zero-order valence-corrected chi connectivity index (χ0v) is 14.4. The molecular weight excluding hydrogens is 310 g/mol. The van der Waals surface area contributed by atoms with Gasteiger partial charge < -0.3 is 25.0 Å². The molecule has 1 amide bonds. The van der Waals surface area contributed by atoms with Gasteiger partial charge in [0.2, 0.25) is 5.91 Å². The first-order chi connectivity index (χ1) is 11.5. The Balaban J connectivity index is 1.96. The summed E-state index contributed by atoms with van der Waals surface area (Å²) in [6.07, 6.45) is 0.166. The third kappa shape index (κ3) is 4.05. The van der Waals surface area contributed by atoms with Gasteiger partial charge in [-0.1, -0.05) is 11.2 Å². The Morgan fingerprint density at radius 2 is 2.00 bits per heavy atom. The quantitative estimate of drug-likeness (QED) is 0.804. The number of nitrogens with two attached hydrogens (primary N) is 1. The van der Waals surface area contributed by atoms with Crippen molar-refractivity contribution in [3.63, 3.8) is 0 Å². The lowest BCUT2D eigenvalue weighted by Crippen LogP contribution is -2.27. The van der Waals surface area contributed by atoms with Crippen LogP contribution < -0.4 is 20.5 Å². The highest BCUT2D eigenvalue weighted by Crippen LogP contribution is 2.30. The number of benzene rings is 1. The number of carbonyl (C=O) groups is 1. The first-order valence-electron chi connectivity index (χ1n) is 7.62. The van der Waals surface area contributed by atoms with Gasteiger partial charge >= 0.3 is 0 Å². The number of nitrogens with one attached hydrogen (secondary N) is 1. The zero-order valence-electron chi connectivity index (χ0n) is 14.4. The molecule has 0 aliphatic rings. The molecule has 24 heavy (non-hydrogen) atoms. The third-order valence-electron chi connectivity index (χ3n) is 3.88. The number of aryl methyl sites for hydroxylation is 2. The van der Waals surface area contributed by atoms with E-state index in [-0.39, 0.29) is 12.3 Å². The van der Waals surface area contributed by atoms with Crippen LogP contribution in [0, 0.1) is 13.8 Å². The van der Waals surface area contributed by atoms with Crippen molar-refractivity contribution in [3.8, 4) is 11.5 Å². The van der Waals surface area contributed by atoms with E-state index in [4.69, 9.17) is 19.7 Å². The highest BCUT2D eigenvalue weighted by Gasteiger charge is 2.16. The van der Waals surface area contributed by atoms with Crippen LogP contribution in [0.15, 0.2) is 22.7 Å². The second-order valence-corrected chi connectivity index (χ2v) is 5.50. The van der Waals surface area contributed by atoms with Crippen molar-refractivity contribution >= 4 is 5.91 Å². The average molecular weight is 333 g/mol. The molecule has 7 nitrogen and oxygen atoms in total. The van der Waals surface area contributed by atoms with Crippen LogP contribution in [0.4, 0.5) is 0 Å². The molecule has 0 spiro atoms. The molecule has 1 atom stereocenters. The number of aromatic nitrogens is 1. The number of hydrogen-bond acceptors (Lipinski definition) is 6. The average Bonchev–Trinajstić information content (AvgIpc) is 2.90. The molecule has 2 aromatic rings. The second kappa shape index (κ2) is 7.83. The molecule has 0 saturated heterocycles. The number of amides is 1. The minimum atomic E-state index is -0.436. The van der Waals surface area contributed by atoms with Crippen LogP contribution in [0.5, 0.6) is 11.5 Å². The molecule has 0 radical (unpaired) electrons. The molecule has 0 saturated carbocycles. The van der Waals surface area contributed by atoms with E-state index in [0.717, 1.165) is 16.8 Å². The van der Waals surface area contributed by atoms with E-state index in [0.29, 0.717) is 23.8 Å². The molecule has 0 aliphatic heterocycles. The highest BCUT2D eigenvalue weighted by atomic mass is 16.5. The number of methoxy groups -OCH3 is 2. The van der Waals surface area contributed by atoms with E-state index in [2.05, 4.69) is 10.5 Å². The summed E-state index contributed by atoms with van der Waals surface area (Å²) in [5.41, 5.74) is 8.60. The largest absolute Gasteiger partial charge is 0.493 e. The Morgan fingerprint density at radius 1 is 1.29 bits per heavy atom. The molecular formula is C17H23N3O4. The maximum atomic E-state index is 12.1. The Kier molecular flexibility index (Phi) is 5.81. The predicted octanol–water partition coefficient (Wildman–Crippen LogP) is 2.01. The Hall–Kier alpha value is -2.54. The Labute approximate surface area is 141 Å². The zero-order chi connectivity index (χ0) is 17.7. The van der Waals surface area contributed by atoms with Gasteiger partial charge in [-0.15, -0.1) is 0 Å². The molecule has 0 bridgehead atoms. The Morgan fingerprint density at radius 3 is 2.58 bits per heavy atom. The summed E-state index contributed by atoms with van der Waals surface area (Å²) in [6.45, 7) is 4.03. The van der Waals surface area contributed by atoms with Crippen molar-refractivity contribution < 1.29 is 18.8 Å². The minimum absolute atomic E-state index is 0.141. The predicted molar refractivity (Wildman–Crippen MR) is 88.9 cm³/mol. The SMILES string of the molecule is COc1ccc([C@@H](N)CC(=O)NCc2c(C)noc2C)cc1OC. The number of hydrogen-bond donors (Lipinski definition) is 2. The molecule has 7 heteroatoms. The van der Waals surface area contributed by atoms with Gasteiger partial charge in [-0.3, -0.25) is 4.79 Å². The lowest BCUT2D eigenvalue weighted by Gasteiger charge is -2.15. The molecule has 0 fully saturated rings. The van der Waals surface area contributed by atoms with Crippen LogP contribution in [0.1, 0.15) is 35.0 Å². The van der Waals surface area contributed by atoms with Crippen LogP contribution in [0.2, 0.25) is 0 Å². The second-order valence-electron chi connectivity index (χ2n) is 5.50. The minimum Gasteiger partial charge on any atom is -0.493 e. The molecule has 2 rings (SSSR count). The molecule has 1 heterocycles. The lowest BCUT2D eigenvalue weighted by molar-refractivity contribution is -0.121. The van der Waals surface area contributed by atoms with Gasteiger partial charge in [0.15, 0.2) is 11.5 Å². The van der Waals surface area contributed by atoms with E-state index in [1.165, 1.54) is 0 Å². The van der Waals surface area contributed by atoms with Crippen molar-refractivity contribution in [2.75, 3.05) is 14.2 Å². The van der Waals surface area contributed by atoms with Gasteiger partial charge in [0, 0.05) is 24.6 Å². The number of nitrogens with zero attached hydrogens (tertiary/aromatic N) is 1. The first-order valence-corrected chi connectivity index (χ1v) is 7.62. The fraction of sp³-hybridized carbons (Fsp3) is 0.412. The van der Waals surface area contributed by atoms with E-state index in [9.17, 15) is 4.79 Å². The standard InChI is InChI=1S/C17H23N3O4/c1-10-13(11(2)24-20-10)9-19-17(21)8-14(18)12-5-6-15(22-3)16(7-12)23-4/h5-7,14H,8-9,18H2,1-4H3,(H,19,21)/t14-/m0/s1. The van der Waals surface area contributed by atoms with Crippen LogP contribution in [0.3, 0.4) is 0 Å². The first kappa shape index (κ1) is 17.8. The van der Waals surface area contributed by atoms with Crippen LogP contribution in [-0.4, -0.2) is 25.3 Å². The fourth-order valence-electron chi connectivity index (χ4n) is 2.41. The van der Waals surface area contributed by atoms with Gasteiger partial charge in [0.25, 0.3) is 0 Å². The third-order valence-corrected chi connectivity index (χ3v) is 3.88. The summed E-state index contributed by atoms with van der Waals surface area (Å²) in [7, 11) is 3.13. The van der Waals surface area contributed by atoms with E-state index >= 15 is 0 Å². The number of rotatable bonds is 7. The number of carbonyl (C=O) groups excluding carboxylic acids is 1. The summed E-state index contributed by atoms with van der Waals surface area (Å²) in [4.78, 5) is 12.1. The molecule has 0 unspecified atom stereocenters. The Bertz CT molecular complexity index is 692.